The molecule has 1 N–H and O–H groups in total. The number of amides is 2. The molecule has 1 aromatic heterocycles. The fourth-order valence-corrected chi connectivity index (χ4v) is 2.66. The number of hydrogen-bond acceptors (Lipinski definition) is 4. The molecule has 2 aromatic rings. The van der Waals surface area contributed by atoms with Gasteiger partial charge in [0.15, 0.2) is 5.82 Å². The van der Waals surface area contributed by atoms with E-state index in [9.17, 15) is 4.79 Å². The second-order valence-electron chi connectivity index (χ2n) is 6.04. The molecule has 1 heterocycles. The van der Waals surface area contributed by atoms with Gasteiger partial charge in [0.25, 0.3) is 0 Å². The maximum absolute atomic E-state index is 12.6. The van der Waals surface area contributed by atoms with Crippen molar-refractivity contribution < 1.29 is 9.53 Å². The van der Waals surface area contributed by atoms with Crippen LogP contribution in [0.2, 0.25) is 0 Å². The van der Waals surface area contributed by atoms with Gasteiger partial charge in [-0.1, -0.05) is 30.3 Å². The van der Waals surface area contributed by atoms with E-state index in [0.717, 1.165) is 18.7 Å². The van der Waals surface area contributed by atoms with E-state index in [1.54, 1.807) is 22.9 Å². The van der Waals surface area contributed by atoms with E-state index in [0.29, 0.717) is 19.7 Å². The first-order valence-corrected chi connectivity index (χ1v) is 8.54. The minimum absolute atomic E-state index is 0.111. The van der Waals surface area contributed by atoms with E-state index in [1.165, 1.54) is 5.56 Å². The lowest BCUT2D eigenvalue weighted by Crippen LogP contribution is -2.43. The molecule has 7 heteroatoms. The van der Waals surface area contributed by atoms with Crippen molar-refractivity contribution in [3.8, 4) is 0 Å². The minimum Gasteiger partial charge on any atom is -0.383 e. The SMILES string of the molecule is COCCN(CCCc1ccccc1)C(=O)N[C@H](C)c1nncn1C. The van der Waals surface area contributed by atoms with Crippen LogP contribution in [0.1, 0.15) is 30.8 Å². The second kappa shape index (κ2) is 9.78. The van der Waals surface area contributed by atoms with Crippen molar-refractivity contribution in [2.45, 2.75) is 25.8 Å². The van der Waals surface area contributed by atoms with E-state index < -0.39 is 0 Å². The van der Waals surface area contributed by atoms with E-state index in [-0.39, 0.29) is 12.1 Å². The maximum Gasteiger partial charge on any atom is 0.318 e. The monoisotopic (exact) mass is 345 g/mol. The van der Waals surface area contributed by atoms with Crippen molar-refractivity contribution in [1.29, 1.82) is 0 Å². The largest absolute Gasteiger partial charge is 0.383 e. The molecular formula is C18H27N5O2. The van der Waals surface area contributed by atoms with Crippen LogP contribution in [0.25, 0.3) is 0 Å². The first kappa shape index (κ1) is 18.9. The summed E-state index contributed by atoms with van der Waals surface area (Å²) in [6.07, 6.45) is 3.47. The normalized spacial score (nSPS) is 12.0. The van der Waals surface area contributed by atoms with Gasteiger partial charge in [-0.15, -0.1) is 10.2 Å². The van der Waals surface area contributed by atoms with Gasteiger partial charge in [0, 0.05) is 27.2 Å². The Morgan fingerprint density at radius 3 is 2.72 bits per heavy atom. The van der Waals surface area contributed by atoms with E-state index in [1.807, 2.05) is 32.2 Å². The molecule has 1 atom stereocenters. The van der Waals surface area contributed by atoms with Gasteiger partial charge in [-0.25, -0.2) is 4.79 Å². The lowest BCUT2D eigenvalue weighted by atomic mass is 10.1. The minimum atomic E-state index is -0.209. The summed E-state index contributed by atoms with van der Waals surface area (Å²) >= 11 is 0. The van der Waals surface area contributed by atoms with Gasteiger partial charge in [0.2, 0.25) is 0 Å². The number of urea groups is 1. The molecule has 0 unspecified atom stereocenters. The molecule has 0 aliphatic heterocycles. The van der Waals surface area contributed by atoms with Gasteiger partial charge < -0.3 is 19.5 Å². The summed E-state index contributed by atoms with van der Waals surface area (Å²) in [5.74, 6) is 0.726. The zero-order chi connectivity index (χ0) is 18.1. The van der Waals surface area contributed by atoms with Crippen molar-refractivity contribution in [2.24, 2.45) is 7.05 Å². The Bertz CT molecular complexity index is 644. The number of aromatic nitrogens is 3. The highest BCUT2D eigenvalue weighted by Crippen LogP contribution is 2.09. The molecule has 136 valence electrons. The molecule has 0 bridgehead atoms. The van der Waals surface area contributed by atoms with Crippen LogP contribution in [-0.2, 0) is 18.2 Å². The van der Waals surface area contributed by atoms with Gasteiger partial charge in [0.05, 0.1) is 12.6 Å². The molecule has 1 aromatic carbocycles. The molecule has 0 aliphatic carbocycles. The molecule has 7 nitrogen and oxygen atoms in total. The first-order valence-electron chi connectivity index (χ1n) is 8.54. The number of nitrogens with one attached hydrogen (secondary N) is 1. The molecule has 2 amide bonds. The summed E-state index contributed by atoms with van der Waals surface area (Å²) in [4.78, 5) is 14.4. The molecule has 0 radical (unpaired) electrons. The summed E-state index contributed by atoms with van der Waals surface area (Å²) in [5.41, 5.74) is 1.28. The topological polar surface area (TPSA) is 72.3 Å². The van der Waals surface area contributed by atoms with Crippen molar-refractivity contribution in [3.05, 3.63) is 48.0 Å². The van der Waals surface area contributed by atoms with Crippen LogP contribution in [-0.4, -0.2) is 52.5 Å². The fraction of sp³-hybridized carbons (Fsp3) is 0.500. The van der Waals surface area contributed by atoms with E-state index in [2.05, 4.69) is 27.6 Å². The van der Waals surface area contributed by atoms with Crippen LogP contribution in [0.3, 0.4) is 0 Å². The van der Waals surface area contributed by atoms with Crippen LogP contribution >= 0.6 is 0 Å². The van der Waals surface area contributed by atoms with Crippen LogP contribution < -0.4 is 5.32 Å². The lowest BCUT2D eigenvalue weighted by Gasteiger charge is -2.25. The summed E-state index contributed by atoms with van der Waals surface area (Å²) in [5, 5.41) is 10.9. The van der Waals surface area contributed by atoms with E-state index in [4.69, 9.17) is 4.74 Å². The number of methoxy groups -OCH3 is 1. The van der Waals surface area contributed by atoms with Crippen LogP contribution in [0.4, 0.5) is 4.79 Å². The molecular weight excluding hydrogens is 318 g/mol. The smallest absolute Gasteiger partial charge is 0.318 e. The Kier molecular flexibility index (Phi) is 7.40. The van der Waals surface area contributed by atoms with Crippen LogP contribution in [0.5, 0.6) is 0 Å². The third-order valence-corrected chi connectivity index (χ3v) is 4.06. The number of carbonyl (C=O) groups excluding carboxylic acids is 1. The van der Waals surface area contributed by atoms with Crippen molar-refractivity contribution in [2.75, 3.05) is 26.8 Å². The zero-order valence-electron chi connectivity index (χ0n) is 15.2. The second-order valence-corrected chi connectivity index (χ2v) is 6.04. The fourth-order valence-electron chi connectivity index (χ4n) is 2.66. The predicted molar refractivity (Wildman–Crippen MR) is 96.2 cm³/mol. The molecule has 0 spiro atoms. The zero-order valence-corrected chi connectivity index (χ0v) is 15.2. The Labute approximate surface area is 149 Å². The summed E-state index contributed by atoms with van der Waals surface area (Å²) in [6.45, 7) is 3.65. The van der Waals surface area contributed by atoms with E-state index >= 15 is 0 Å². The summed E-state index contributed by atoms with van der Waals surface area (Å²) < 4.78 is 6.94. The number of rotatable bonds is 9. The number of ether oxygens (including phenoxy) is 1. The Balaban J connectivity index is 1.88. The van der Waals surface area contributed by atoms with Gasteiger partial charge in [-0.3, -0.25) is 0 Å². The number of carbonyl (C=O) groups is 1. The average molecular weight is 345 g/mol. The van der Waals surface area contributed by atoms with Gasteiger partial charge in [-0.2, -0.15) is 0 Å². The average Bonchev–Trinajstić information content (AvgIpc) is 3.04. The third-order valence-electron chi connectivity index (χ3n) is 4.06. The number of aryl methyl sites for hydroxylation is 2. The standard InChI is InChI=1S/C18H27N5O2/c1-15(17-21-19-14-22(17)2)20-18(24)23(12-13-25-3)11-7-10-16-8-5-4-6-9-16/h4-6,8-9,14-15H,7,10-13H2,1-3H3,(H,20,24)/t15-/m1/s1. The van der Waals surface area contributed by atoms with Gasteiger partial charge in [-0.05, 0) is 25.3 Å². The van der Waals surface area contributed by atoms with Crippen LogP contribution in [0, 0.1) is 0 Å². The first-order chi connectivity index (χ1) is 12.1. The summed E-state index contributed by atoms with van der Waals surface area (Å²) in [7, 11) is 3.50. The molecule has 0 aliphatic rings. The Morgan fingerprint density at radius 1 is 1.32 bits per heavy atom. The van der Waals surface area contributed by atoms with Crippen LogP contribution in [0.15, 0.2) is 36.7 Å². The molecule has 0 fully saturated rings. The molecule has 0 saturated heterocycles. The number of hydrogen-bond donors (Lipinski definition) is 1. The molecule has 0 saturated carbocycles. The highest BCUT2D eigenvalue weighted by atomic mass is 16.5. The maximum atomic E-state index is 12.6. The predicted octanol–water partition coefficient (Wildman–Crippen LogP) is 2.17. The Hall–Kier alpha value is -2.41. The number of nitrogens with zero attached hydrogens (tertiary/aromatic N) is 4. The summed E-state index contributed by atoms with van der Waals surface area (Å²) in [6, 6.07) is 9.97. The third kappa shape index (κ3) is 5.86. The van der Waals surface area contributed by atoms with Gasteiger partial charge in [0.1, 0.15) is 6.33 Å². The molecule has 25 heavy (non-hydrogen) atoms. The van der Waals surface area contributed by atoms with Gasteiger partial charge >= 0.3 is 6.03 Å². The Morgan fingerprint density at radius 2 is 2.08 bits per heavy atom. The van der Waals surface area contributed by atoms with Crippen molar-refractivity contribution >= 4 is 6.03 Å². The highest BCUT2D eigenvalue weighted by Gasteiger charge is 2.18. The lowest BCUT2D eigenvalue weighted by molar-refractivity contribution is 0.147. The highest BCUT2D eigenvalue weighted by molar-refractivity contribution is 5.74. The quantitative estimate of drug-likeness (QED) is 0.756. The van der Waals surface area contributed by atoms with Crippen molar-refractivity contribution in [1.82, 2.24) is 25.0 Å². The number of benzene rings is 1. The molecule has 2 rings (SSSR count). The van der Waals surface area contributed by atoms with Crippen molar-refractivity contribution in [3.63, 3.8) is 0 Å².